The molecule has 0 unspecified atom stereocenters. The molecule has 1 fully saturated rings. The molecular formula is C16H13Cl2NO. The zero-order chi connectivity index (χ0) is 14.2. The quantitative estimate of drug-likeness (QED) is 0.894. The Morgan fingerprint density at radius 1 is 1.00 bits per heavy atom. The lowest BCUT2D eigenvalue weighted by Crippen LogP contribution is -2.34. The molecule has 1 amide bonds. The normalized spacial score (nSPS) is 15.7. The van der Waals surface area contributed by atoms with Crippen LogP contribution in [0.2, 0.25) is 10.0 Å². The molecule has 2 aromatic rings. The fourth-order valence-electron chi connectivity index (χ4n) is 2.31. The molecular weight excluding hydrogens is 293 g/mol. The monoisotopic (exact) mass is 305 g/mol. The predicted molar refractivity (Wildman–Crippen MR) is 81.3 cm³/mol. The molecule has 3 rings (SSSR count). The van der Waals surface area contributed by atoms with Crippen LogP contribution in [-0.2, 0) is 5.54 Å². The Hall–Kier alpha value is -1.51. The van der Waals surface area contributed by atoms with Crippen molar-refractivity contribution in [3.05, 3.63) is 69.7 Å². The number of halogens is 2. The highest BCUT2D eigenvalue weighted by Gasteiger charge is 2.45. The number of hydrogen-bond donors (Lipinski definition) is 1. The first-order valence-corrected chi connectivity index (χ1v) is 7.19. The number of carbonyl (C=O) groups excluding carboxylic acids is 1. The largest absolute Gasteiger partial charge is 0.342 e. The fourth-order valence-corrected chi connectivity index (χ4v) is 2.66. The van der Waals surface area contributed by atoms with Gasteiger partial charge in [-0.25, -0.2) is 0 Å². The van der Waals surface area contributed by atoms with E-state index < -0.39 is 0 Å². The van der Waals surface area contributed by atoms with E-state index in [0.29, 0.717) is 15.6 Å². The summed E-state index contributed by atoms with van der Waals surface area (Å²) in [6.07, 6.45) is 1.87. The molecule has 0 aromatic heterocycles. The van der Waals surface area contributed by atoms with E-state index in [4.69, 9.17) is 23.2 Å². The van der Waals surface area contributed by atoms with Crippen molar-refractivity contribution in [2.24, 2.45) is 0 Å². The van der Waals surface area contributed by atoms with Gasteiger partial charge < -0.3 is 5.32 Å². The van der Waals surface area contributed by atoms with E-state index in [-0.39, 0.29) is 11.4 Å². The summed E-state index contributed by atoms with van der Waals surface area (Å²) in [6.45, 7) is 0. The lowest BCUT2D eigenvalue weighted by atomic mass is 10.0. The van der Waals surface area contributed by atoms with Gasteiger partial charge in [0.15, 0.2) is 0 Å². The van der Waals surface area contributed by atoms with Crippen LogP contribution >= 0.6 is 23.2 Å². The number of amides is 1. The Kier molecular flexibility index (Phi) is 3.45. The molecule has 0 heterocycles. The standard InChI is InChI=1S/C16H13Cl2NO/c17-12-7-5-11(6-8-12)16(9-10-16)19-15(20)13-3-1-2-4-14(13)18/h1-8H,9-10H2,(H,19,20). The number of rotatable bonds is 3. The summed E-state index contributed by atoms with van der Waals surface area (Å²) < 4.78 is 0. The van der Waals surface area contributed by atoms with E-state index in [2.05, 4.69) is 5.32 Å². The number of carbonyl (C=O) groups is 1. The maximum absolute atomic E-state index is 12.3. The molecule has 0 aliphatic heterocycles. The molecule has 20 heavy (non-hydrogen) atoms. The molecule has 0 atom stereocenters. The second-order valence-corrected chi connectivity index (χ2v) is 5.87. The Bertz CT molecular complexity index is 648. The molecule has 102 valence electrons. The summed E-state index contributed by atoms with van der Waals surface area (Å²) >= 11 is 12.0. The lowest BCUT2D eigenvalue weighted by Gasteiger charge is -2.18. The van der Waals surface area contributed by atoms with Gasteiger partial charge >= 0.3 is 0 Å². The van der Waals surface area contributed by atoms with E-state index in [0.717, 1.165) is 18.4 Å². The zero-order valence-electron chi connectivity index (χ0n) is 10.7. The summed E-state index contributed by atoms with van der Waals surface area (Å²) in [5.74, 6) is -0.136. The molecule has 2 aromatic carbocycles. The average Bonchev–Trinajstić information content (AvgIpc) is 3.20. The molecule has 1 saturated carbocycles. The van der Waals surface area contributed by atoms with Crippen LogP contribution in [0.1, 0.15) is 28.8 Å². The van der Waals surface area contributed by atoms with Crippen LogP contribution in [0.15, 0.2) is 48.5 Å². The molecule has 0 spiro atoms. The van der Waals surface area contributed by atoms with Gasteiger partial charge in [-0.15, -0.1) is 0 Å². The van der Waals surface area contributed by atoms with E-state index in [1.165, 1.54) is 0 Å². The minimum Gasteiger partial charge on any atom is -0.342 e. The van der Waals surface area contributed by atoms with E-state index in [1.54, 1.807) is 12.1 Å². The van der Waals surface area contributed by atoms with Crippen LogP contribution in [-0.4, -0.2) is 5.91 Å². The van der Waals surface area contributed by atoms with Gasteiger partial charge in [-0.1, -0.05) is 47.5 Å². The van der Waals surface area contributed by atoms with E-state index in [9.17, 15) is 4.79 Å². The Morgan fingerprint density at radius 2 is 1.65 bits per heavy atom. The highest BCUT2D eigenvalue weighted by atomic mass is 35.5. The van der Waals surface area contributed by atoms with Crippen LogP contribution in [0.5, 0.6) is 0 Å². The van der Waals surface area contributed by atoms with Crippen molar-refractivity contribution in [1.82, 2.24) is 5.32 Å². The summed E-state index contributed by atoms with van der Waals surface area (Å²) in [5, 5.41) is 4.26. The Labute approximate surface area is 127 Å². The van der Waals surface area contributed by atoms with Crippen molar-refractivity contribution >= 4 is 29.1 Å². The zero-order valence-corrected chi connectivity index (χ0v) is 12.2. The van der Waals surface area contributed by atoms with Gasteiger partial charge in [0.05, 0.1) is 16.1 Å². The molecule has 1 aliphatic rings. The summed E-state index contributed by atoms with van der Waals surface area (Å²) in [7, 11) is 0. The maximum atomic E-state index is 12.3. The van der Waals surface area contributed by atoms with Gasteiger partial charge in [0.2, 0.25) is 0 Å². The second-order valence-electron chi connectivity index (χ2n) is 5.02. The predicted octanol–water partition coefficient (Wildman–Crippen LogP) is 4.41. The third kappa shape index (κ3) is 2.54. The lowest BCUT2D eigenvalue weighted by molar-refractivity contribution is 0.0931. The molecule has 0 radical (unpaired) electrons. The van der Waals surface area contributed by atoms with Crippen molar-refractivity contribution in [2.75, 3.05) is 0 Å². The van der Waals surface area contributed by atoms with Crippen LogP contribution < -0.4 is 5.32 Å². The van der Waals surface area contributed by atoms with Crippen molar-refractivity contribution in [1.29, 1.82) is 0 Å². The summed E-state index contributed by atoms with van der Waals surface area (Å²) in [5.41, 5.74) is 1.33. The molecule has 0 saturated heterocycles. The highest BCUT2D eigenvalue weighted by molar-refractivity contribution is 6.33. The van der Waals surface area contributed by atoms with Gasteiger partial charge in [-0.3, -0.25) is 4.79 Å². The third-order valence-electron chi connectivity index (χ3n) is 3.62. The first-order chi connectivity index (χ1) is 9.61. The number of nitrogens with one attached hydrogen (secondary N) is 1. The molecule has 4 heteroatoms. The minimum absolute atomic E-state index is 0.136. The van der Waals surface area contributed by atoms with Crippen molar-refractivity contribution in [3.8, 4) is 0 Å². The number of benzene rings is 2. The number of hydrogen-bond acceptors (Lipinski definition) is 1. The average molecular weight is 306 g/mol. The molecule has 1 aliphatic carbocycles. The third-order valence-corrected chi connectivity index (χ3v) is 4.20. The minimum atomic E-state index is -0.263. The first-order valence-electron chi connectivity index (χ1n) is 6.44. The molecule has 0 bridgehead atoms. The topological polar surface area (TPSA) is 29.1 Å². The van der Waals surface area contributed by atoms with Crippen molar-refractivity contribution in [2.45, 2.75) is 18.4 Å². The molecule has 1 N–H and O–H groups in total. The van der Waals surface area contributed by atoms with E-state index in [1.807, 2.05) is 36.4 Å². The van der Waals surface area contributed by atoms with Crippen LogP contribution in [0.4, 0.5) is 0 Å². The first kappa shape index (κ1) is 13.5. The van der Waals surface area contributed by atoms with Crippen LogP contribution in [0.3, 0.4) is 0 Å². The SMILES string of the molecule is O=C(NC1(c2ccc(Cl)cc2)CC1)c1ccccc1Cl. The smallest absolute Gasteiger partial charge is 0.253 e. The van der Waals surface area contributed by atoms with Gasteiger partial charge in [0.1, 0.15) is 0 Å². The van der Waals surface area contributed by atoms with Gasteiger partial charge in [0, 0.05) is 5.02 Å². The molecule has 2 nitrogen and oxygen atoms in total. The van der Waals surface area contributed by atoms with Gasteiger partial charge in [0.25, 0.3) is 5.91 Å². The maximum Gasteiger partial charge on any atom is 0.253 e. The summed E-state index contributed by atoms with van der Waals surface area (Å²) in [4.78, 5) is 12.3. The van der Waals surface area contributed by atoms with E-state index >= 15 is 0 Å². The van der Waals surface area contributed by atoms with Gasteiger partial charge in [-0.2, -0.15) is 0 Å². The van der Waals surface area contributed by atoms with Gasteiger partial charge in [-0.05, 0) is 42.7 Å². The fraction of sp³-hybridized carbons (Fsp3) is 0.188. The Balaban J connectivity index is 1.82. The Morgan fingerprint density at radius 3 is 2.25 bits per heavy atom. The van der Waals surface area contributed by atoms with Crippen molar-refractivity contribution in [3.63, 3.8) is 0 Å². The second kappa shape index (κ2) is 5.12. The van der Waals surface area contributed by atoms with Crippen LogP contribution in [0.25, 0.3) is 0 Å². The van der Waals surface area contributed by atoms with Crippen LogP contribution in [0, 0.1) is 0 Å². The van der Waals surface area contributed by atoms with Crippen molar-refractivity contribution < 1.29 is 4.79 Å². The highest BCUT2D eigenvalue weighted by Crippen LogP contribution is 2.46. The summed E-state index contributed by atoms with van der Waals surface area (Å²) in [6, 6.07) is 14.7.